The fourth-order valence-corrected chi connectivity index (χ4v) is 4.64. The lowest BCUT2D eigenvalue weighted by Gasteiger charge is -2.27. The van der Waals surface area contributed by atoms with Crippen molar-refractivity contribution < 1.29 is 13.2 Å². The van der Waals surface area contributed by atoms with Crippen molar-refractivity contribution in [1.82, 2.24) is 9.97 Å². The van der Waals surface area contributed by atoms with Gasteiger partial charge in [0.25, 0.3) is 0 Å². The number of anilines is 1. The maximum Gasteiger partial charge on any atom is 0.204 e. The Labute approximate surface area is 161 Å². The van der Waals surface area contributed by atoms with E-state index in [4.69, 9.17) is 0 Å². The molecular formula is C19H17N3O3S2. The van der Waals surface area contributed by atoms with Crippen molar-refractivity contribution in [3.05, 3.63) is 70.5 Å². The number of carbonyl (C=O) groups excluding carboxylic acids is 1. The van der Waals surface area contributed by atoms with E-state index in [9.17, 15) is 13.2 Å². The van der Waals surface area contributed by atoms with E-state index in [1.165, 1.54) is 34.6 Å². The number of thiazole rings is 1. The maximum atomic E-state index is 12.8. The van der Waals surface area contributed by atoms with Gasteiger partial charge in [-0.25, -0.2) is 13.4 Å². The van der Waals surface area contributed by atoms with Crippen LogP contribution in [0.2, 0.25) is 0 Å². The summed E-state index contributed by atoms with van der Waals surface area (Å²) in [5.41, 5.74) is 2.82. The summed E-state index contributed by atoms with van der Waals surface area (Å²) in [7, 11) is -3.36. The van der Waals surface area contributed by atoms with Crippen LogP contribution in [0.1, 0.15) is 26.4 Å². The fourth-order valence-electron chi connectivity index (χ4n) is 3.07. The molecule has 3 aromatic rings. The minimum Gasteiger partial charge on any atom is -0.343 e. The monoisotopic (exact) mass is 399 g/mol. The van der Waals surface area contributed by atoms with Crippen LogP contribution in [0.15, 0.2) is 53.8 Å². The topological polar surface area (TPSA) is 80.2 Å². The summed E-state index contributed by atoms with van der Waals surface area (Å²) in [5, 5.41) is 0.784. The van der Waals surface area contributed by atoms with Gasteiger partial charge in [-0.3, -0.25) is 9.78 Å². The van der Waals surface area contributed by atoms with Gasteiger partial charge in [0.1, 0.15) is 0 Å². The smallest absolute Gasteiger partial charge is 0.204 e. The summed E-state index contributed by atoms with van der Waals surface area (Å²) in [6, 6.07) is 8.15. The molecular weight excluding hydrogens is 382 g/mol. The van der Waals surface area contributed by atoms with Crippen LogP contribution in [0.25, 0.3) is 0 Å². The lowest BCUT2D eigenvalue weighted by Crippen LogP contribution is -2.30. The number of pyridine rings is 1. The van der Waals surface area contributed by atoms with Crippen LogP contribution < -0.4 is 4.90 Å². The molecule has 0 radical (unpaired) electrons. The number of benzene rings is 1. The van der Waals surface area contributed by atoms with Gasteiger partial charge in [0, 0.05) is 37.3 Å². The predicted molar refractivity (Wildman–Crippen MR) is 104 cm³/mol. The highest BCUT2D eigenvalue weighted by Gasteiger charge is 2.21. The largest absolute Gasteiger partial charge is 0.343 e. The first kappa shape index (κ1) is 17.8. The van der Waals surface area contributed by atoms with Crippen molar-refractivity contribution in [1.29, 1.82) is 0 Å². The van der Waals surface area contributed by atoms with E-state index in [2.05, 4.69) is 14.9 Å². The zero-order valence-electron chi connectivity index (χ0n) is 14.6. The van der Waals surface area contributed by atoms with E-state index < -0.39 is 9.84 Å². The Morgan fingerprint density at radius 1 is 1.19 bits per heavy atom. The van der Waals surface area contributed by atoms with Gasteiger partial charge < -0.3 is 4.90 Å². The van der Waals surface area contributed by atoms with Gasteiger partial charge in [-0.05, 0) is 35.7 Å². The number of sulfone groups is 1. The quantitative estimate of drug-likeness (QED) is 0.628. The van der Waals surface area contributed by atoms with Crippen LogP contribution in [0, 0.1) is 0 Å². The maximum absolute atomic E-state index is 12.8. The molecule has 8 heteroatoms. The average molecular weight is 399 g/mol. The number of fused-ring (bicyclic) bond motifs is 1. The molecule has 1 aromatic carbocycles. The molecule has 0 unspecified atom stereocenters. The van der Waals surface area contributed by atoms with Gasteiger partial charge >= 0.3 is 0 Å². The Bertz CT molecular complexity index is 1120. The Balaban J connectivity index is 1.57. The molecule has 27 heavy (non-hydrogen) atoms. The highest BCUT2D eigenvalue weighted by molar-refractivity contribution is 7.90. The summed E-state index contributed by atoms with van der Waals surface area (Å²) < 4.78 is 23.4. The molecule has 0 amide bonds. The van der Waals surface area contributed by atoms with Gasteiger partial charge in [-0.15, -0.1) is 0 Å². The number of ketones is 1. The second kappa shape index (κ2) is 6.86. The van der Waals surface area contributed by atoms with Gasteiger partial charge in [0.05, 0.1) is 16.0 Å². The highest BCUT2D eigenvalue weighted by Crippen LogP contribution is 2.29. The number of hydrogen-bond donors (Lipinski definition) is 0. The lowest BCUT2D eigenvalue weighted by atomic mass is 10.0. The summed E-state index contributed by atoms with van der Waals surface area (Å²) in [6.07, 6.45) is 7.28. The van der Waals surface area contributed by atoms with E-state index in [0.29, 0.717) is 17.0 Å². The van der Waals surface area contributed by atoms with Crippen LogP contribution in [0.4, 0.5) is 5.13 Å². The Morgan fingerprint density at radius 2 is 2.04 bits per heavy atom. The van der Waals surface area contributed by atoms with Crippen LogP contribution in [-0.2, 0) is 22.8 Å². The highest BCUT2D eigenvalue weighted by atomic mass is 32.2. The van der Waals surface area contributed by atoms with Crippen molar-refractivity contribution in [2.45, 2.75) is 17.9 Å². The van der Waals surface area contributed by atoms with Gasteiger partial charge in [0.2, 0.25) is 5.78 Å². The molecule has 0 saturated carbocycles. The van der Waals surface area contributed by atoms with E-state index >= 15 is 0 Å². The molecule has 1 aliphatic heterocycles. The fraction of sp³-hybridized carbons (Fsp3) is 0.211. The van der Waals surface area contributed by atoms with Crippen molar-refractivity contribution in [2.24, 2.45) is 0 Å². The zero-order valence-corrected chi connectivity index (χ0v) is 16.3. The molecule has 138 valence electrons. The van der Waals surface area contributed by atoms with E-state index in [-0.39, 0.29) is 10.7 Å². The summed E-state index contributed by atoms with van der Waals surface area (Å²) >= 11 is 1.33. The molecule has 4 rings (SSSR count). The molecule has 0 bridgehead atoms. The standard InChI is InChI=1S/C19H17N3O3S2/c1-27(24,25)16-4-2-3-14(9-16)18(23)17-11-21-19(26-17)22-8-6-13-5-7-20-10-15(13)12-22/h2-5,7,9-11H,6,8,12H2,1H3. The van der Waals surface area contributed by atoms with Gasteiger partial charge in [-0.1, -0.05) is 23.5 Å². The normalized spacial score (nSPS) is 14.0. The van der Waals surface area contributed by atoms with E-state index in [0.717, 1.165) is 24.4 Å². The third kappa shape index (κ3) is 3.63. The molecule has 6 nitrogen and oxygen atoms in total. The molecule has 0 spiro atoms. The SMILES string of the molecule is CS(=O)(=O)c1cccc(C(=O)c2cnc(N3CCc4ccncc4C3)s2)c1. The molecule has 0 aliphatic carbocycles. The number of aromatic nitrogens is 2. The number of carbonyl (C=O) groups is 1. The van der Waals surface area contributed by atoms with Crippen molar-refractivity contribution >= 4 is 32.1 Å². The first-order valence-corrected chi connectivity index (χ1v) is 11.1. The minimum atomic E-state index is -3.36. The van der Waals surface area contributed by atoms with Crippen LogP contribution >= 0.6 is 11.3 Å². The number of rotatable bonds is 4. The summed E-state index contributed by atoms with van der Waals surface area (Å²) in [5.74, 6) is -0.219. The van der Waals surface area contributed by atoms with Crippen LogP contribution in [0.3, 0.4) is 0 Å². The van der Waals surface area contributed by atoms with Crippen molar-refractivity contribution in [3.8, 4) is 0 Å². The molecule has 0 fully saturated rings. The Morgan fingerprint density at radius 3 is 2.85 bits per heavy atom. The van der Waals surface area contributed by atoms with Crippen LogP contribution in [-0.4, -0.2) is 37.0 Å². The zero-order chi connectivity index (χ0) is 19.0. The first-order chi connectivity index (χ1) is 12.9. The number of nitrogens with zero attached hydrogens (tertiary/aromatic N) is 3. The summed E-state index contributed by atoms with van der Waals surface area (Å²) in [4.78, 5) is 24.1. The predicted octanol–water partition coefficient (Wildman–Crippen LogP) is 2.74. The Kier molecular flexibility index (Phi) is 4.53. The third-order valence-corrected chi connectivity index (χ3v) is 6.70. The molecule has 0 atom stereocenters. The molecule has 0 saturated heterocycles. The van der Waals surface area contributed by atoms with E-state index in [1.807, 2.05) is 12.3 Å². The molecule has 0 N–H and O–H groups in total. The lowest BCUT2D eigenvalue weighted by molar-refractivity contribution is 0.104. The minimum absolute atomic E-state index is 0.137. The van der Waals surface area contributed by atoms with Gasteiger partial charge in [0.15, 0.2) is 15.0 Å². The molecule has 3 heterocycles. The third-order valence-electron chi connectivity index (χ3n) is 4.53. The summed E-state index contributed by atoms with van der Waals surface area (Å²) in [6.45, 7) is 1.55. The number of hydrogen-bond acceptors (Lipinski definition) is 7. The van der Waals surface area contributed by atoms with Crippen molar-refractivity contribution in [2.75, 3.05) is 17.7 Å². The molecule has 1 aliphatic rings. The first-order valence-electron chi connectivity index (χ1n) is 8.39. The second-order valence-corrected chi connectivity index (χ2v) is 9.48. The molecule has 2 aromatic heterocycles. The average Bonchev–Trinajstić information content (AvgIpc) is 3.16. The van der Waals surface area contributed by atoms with Gasteiger partial charge in [-0.2, -0.15) is 0 Å². The van der Waals surface area contributed by atoms with Crippen LogP contribution in [0.5, 0.6) is 0 Å². The Hall–Kier alpha value is -2.58. The van der Waals surface area contributed by atoms with E-state index in [1.54, 1.807) is 24.5 Å². The second-order valence-electron chi connectivity index (χ2n) is 6.45. The van der Waals surface area contributed by atoms with Crippen molar-refractivity contribution in [3.63, 3.8) is 0 Å².